The molecular formula is C8H13F2NO2. The lowest BCUT2D eigenvalue weighted by Crippen LogP contribution is -2.42. The summed E-state index contributed by atoms with van der Waals surface area (Å²) in [7, 11) is 0. The van der Waals surface area contributed by atoms with E-state index in [0.717, 1.165) is 0 Å². The van der Waals surface area contributed by atoms with Gasteiger partial charge in [0.05, 0.1) is 6.42 Å². The van der Waals surface area contributed by atoms with E-state index in [2.05, 4.69) is 5.32 Å². The Morgan fingerprint density at radius 3 is 2.38 bits per heavy atom. The topological polar surface area (TPSA) is 49.3 Å². The third kappa shape index (κ3) is 2.37. The van der Waals surface area contributed by atoms with E-state index in [1.165, 1.54) is 0 Å². The van der Waals surface area contributed by atoms with Crippen LogP contribution in [0.2, 0.25) is 0 Å². The fourth-order valence-electron chi connectivity index (χ4n) is 1.70. The molecule has 0 aromatic carbocycles. The van der Waals surface area contributed by atoms with Crippen molar-refractivity contribution < 1.29 is 18.7 Å². The molecule has 76 valence electrons. The summed E-state index contributed by atoms with van der Waals surface area (Å²) in [6.45, 7) is 0.967. The highest BCUT2D eigenvalue weighted by Crippen LogP contribution is 2.38. The first-order valence-corrected chi connectivity index (χ1v) is 4.27. The van der Waals surface area contributed by atoms with Gasteiger partial charge in [-0.15, -0.1) is 0 Å². The molecule has 0 radical (unpaired) electrons. The van der Waals surface area contributed by atoms with Gasteiger partial charge in [0, 0.05) is 5.41 Å². The van der Waals surface area contributed by atoms with Gasteiger partial charge in [0.25, 0.3) is 0 Å². The van der Waals surface area contributed by atoms with Crippen LogP contribution in [0.3, 0.4) is 0 Å². The SMILES string of the molecule is O=C(O)CC1(C(F)F)CCNCC1. The monoisotopic (exact) mass is 193 g/mol. The first-order valence-electron chi connectivity index (χ1n) is 4.27. The van der Waals surface area contributed by atoms with Crippen molar-refractivity contribution in [3.63, 3.8) is 0 Å². The molecule has 0 atom stereocenters. The second-order valence-electron chi connectivity index (χ2n) is 3.48. The Hall–Kier alpha value is -0.710. The minimum atomic E-state index is -2.54. The van der Waals surface area contributed by atoms with Gasteiger partial charge in [-0.25, -0.2) is 8.78 Å². The maximum Gasteiger partial charge on any atom is 0.304 e. The number of aliphatic carboxylic acids is 1. The van der Waals surface area contributed by atoms with Crippen LogP contribution in [0.25, 0.3) is 0 Å². The van der Waals surface area contributed by atoms with Crippen molar-refractivity contribution in [3.05, 3.63) is 0 Å². The van der Waals surface area contributed by atoms with Gasteiger partial charge in [0.1, 0.15) is 0 Å². The molecule has 0 unspecified atom stereocenters. The summed E-state index contributed by atoms with van der Waals surface area (Å²) in [5, 5.41) is 11.5. The smallest absolute Gasteiger partial charge is 0.304 e. The molecule has 0 spiro atoms. The van der Waals surface area contributed by atoms with E-state index in [-0.39, 0.29) is 12.8 Å². The van der Waals surface area contributed by atoms with Gasteiger partial charge in [-0.1, -0.05) is 0 Å². The number of halogens is 2. The van der Waals surface area contributed by atoms with E-state index < -0.39 is 24.2 Å². The van der Waals surface area contributed by atoms with Crippen LogP contribution in [0.5, 0.6) is 0 Å². The lowest BCUT2D eigenvalue weighted by atomic mass is 9.76. The Morgan fingerprint density at radius 1 is 1.46 bits per heavy atom. The maximum atomic E-state index is 12.6. The number of carbonyl (C=O) groups is 1. The molecule has 0 bridgehead atoms. The van der Waals surface area contributed by atoms with Crippen LogP contribution in [0.1, 0.15) is 19.3 Å². The van der Waals surface area contributed by atoms with Crippen molar-refractivity contribution in [2.24, 2.45) is 5.41 Å². The number of carboxylic acid groups (broad SMARTS) is 1. The molecule has 0 saturated carbocycles. The fourth-order valence-corrected chi connectivity index (χ4v) is 1.70. The van der Waals surface area contributed by atoms with Crippen molar-refractivity contribution in [1.29, 1.82) is 0 Å². The Bertz CT molecular complexity index is 191. The average Bonchev–Trinajstić information content (AvgIpc) is 2.04. The van der Waals surface area contributed by atoms with Crippen LogP contribution >= 0.6 is 0 Å². The summed E-state index contributed by atoms with van der Waals surface area (Å²) in [6, 6.07) is 0. The predicted octanol–water partition coefficient (Wildman–Crippen LogP) is 1.10. The molecule has 1 rings (SSSR count). The standard InChI is InChI=1S/C8H13F2NO2/c9-7(10)8(5-6(12)13)1-3-11-4-2-8/h7,11H,1-5H2,(H,12,13). The largest absolute Gasteiger partial charge is 0.481 e. The molecule has 1 aliphatic rings. The molecular weight excluding hydrogens is 180 g/mol. The van der Waals surface area contributed by atoms with Crippen LogP contribution in [0.4, 0.5) is 8.78 Å². The zero-order chi connectivity index (χ0) is 9.90. The molecule has 0 aliphatic carbocycles. The minimum Gasteiger partial charge on any atom is -0.481 e. The number of hydrogen-bond acceptors (Lipinski definition) is 2. The van der Waals surface area contributed by atoms with Gasteiger partial charge in [-0.2, -0.15) is 0 Å². The number of rotatable bonds is 3. The Kier molecular flexibility index (Phi) is 3.19. The molecule has 1 aliphatic heterocycles. The van der Waals surface area contributed by atoms with Gasteiger partial charge in [0.2, 0.25) is 6.43 Å². The van der Waals surface area contributed by atoms with Gasteiger partial charge in [-0.3, -0.25) is 4.79 Å². The maximum absolute atomic E-state index is 12.6. The summed E-state index contributed by atoms with van der Waals surface area (Å²) < 4.78 is 25.3. The molecule has 0 aromatic rings. The summed E-state index contributed by atoms with van der Waals surface area (Å²) in [4.78, 5) is 10.4. The summed E-state index contributed by atoms with van der Waals surface area (Å²) in [5.41, 5.74) is -1.29. The highest BCUT2D eigenvalue weighted by atomic mass is 19.3. The van der Waals surface area contributed by atoms with Gasteiger partial charge in [0.15, 0.2) is 0 Å². The normalized spacial score (nSPS) is 21.8. The van der Waals surface area contributed by atoms with Gasteiger partial charge < -0.3 is 10.4 Å². The third-order valence-corrected chi connectivity index (χ3v) is 2.57. The van der Waals surface area contributed by atoms with E-state index in [1.807, 2.05) is 0 Å². The summed E-state index contributed by atoms with van der Waals surface area (Å²) in [6.07, 6.45) is -2.47. The number of nitrogens with one attached hydrogen (secondary N) is 1. The van der Waals surface area contributed by atoms with Crippen molar-refractivity contribution in [3.8, 4) is 0 Å². The molecule has 1 fully saturated rings. The van der Waals surface area contributed by atoms with E-state index in [4.69, 9.17) is 5.11 Å². The number of hydrogen-bond donors (Lipinski definition) is 2. The van der Waals surface area contributed by atoms with Crippen molar-refractivity contribution >= 4 is 5.97 Å². The fraction of sp³-hybridized carbons (Fsp3) is 0.875. The molecule has 0 aromatic heterocycles. The van der Waals surface area contributed by atoms with Crippen LogP contribution in [-0.2, 0) is 4.79 Å². The summed E-state index contributed by atoms with van der Waals surface area (Å²) >= 11 is 0. The Balaban J connectivity index is 2.67. The van der Waals surface area contributed by atoms with Gasteiger partial charge in [-0.05, 0) is 25.9 Å². The van der Waals surface area contributed by atoms with E-state index in [0.29, 0.717) is 13.1 Å². The molecule has 2 N–H and O–H groups in total. The molecule has 1 saturated heterocycles. The molecule has 3 nitrogen and oxygen atoms in total. The lowest BCUT2D eigenvalue weighted by molar-refractivity contribution is -0.144. The minimum absolute atomic E-state index is 0.247. The average molecular weight is 193 g/mol. The Labute approximate surface area is 75.1 Å². The van der Waals surface area contributed by atoms with Crippen molar-refractivity contribution in [2.45, 2.75) is 25.7 Å². The predicted molar refractivity (Wildman–Crippen MR) is 42.8 cm³/mol. The summed E-state index contributed by atoms with van der Waals surface area (Å²) in [5.74, 6) is -1.14. The quantitative estimate of drug-likeness (QED) is 0.705. The number of piperidine rings is 1. The highest BCUT2D eigenvalue weighted by molar-refractivity contribution is 5.67. The second-order valence-corrected chi connectivity index (χ2v) is 3.48. The zero-order valence-electron chi connectivity index (χ0n) is 7.22. The molecule has 0 amide bonds. The molecule has 5 heteroatoms. The Morgan fingerprint density at radius 2 is 2.00 bits per heavy atom. The highest BCUT2D eigenvalue weighted by Gasteiger charge is 2.42. The van der Waals surface area contributed by atoms with Crippen LogP contribution in [-0.4, -0.2) is 30.6 Å². The first kappa shape index (κ1) is 10.4. The van der Waals surface area contributed by atoms with Crippen LogP contribution in [0, 0.1) is 5.41 Å². The van der Waals surface area contributed by atoms with E-state index in [1.54, 1.807) is 0 Å². The first-order chi connectivity index (χ1) is 6.07. The van der Waals surface area contributed by atoms with Crippen molar-refractivity contribution in [1.82, 2.24) is 5.32 Å². The zero-order valence-corrected chi connectivity index (χ0v) is 7.22. The lowest BCUT2D eigenvalue weighted by Gasteiger charge is -2.35. The number of carboxylic acids is 1. The van der Waals surface area contributed by atoms with E-state index in [9.17, 15) is 13.6 Å². The third-order valence-electron chi connectivity index (χ3n) is 2.57. The van der Waals surface area contributed by atoms with Crippen LogP contribution < -0.4 is 5.32 Å². The van der Waals surface area contributed by atoms with E-state index >= 15 is 0 Å². The van der Waals surface area contributed by atoms with Crippen molar-refractivity contribution in [2.75, 3.05) is 13.1 Å². The van der Waals surface area contributed by atoms with Crippen LogP contribution in [0.15, 0.2) is 0 Å². The molecule has 1 heterocycles. The number of alkyl halides is 2. The second kappa shape index (κ2) is 4.00. The molecule has 13 heavy (non-hydrogen) atoms. The van der Waals surface area contributed by atoms with Gasteiger partial charge >= 0.3 is 5.97 Å².